The van der Waals surface area contributed by atoms with Gasteiger partial charge in [-0.3, -0.25) is 14.6 Å². The van der Waals surface area contributed by atoms with Gasteiger partial charge in [0.1, 0.15) is 13.1 Å². The molecule has 1 aromatic rings. The van der Waals surface area contributed by atoms with E-state index in [1.165, 1.54) is 0 Å². The van der Waals surface area contributed by atoms with E-state index in [2.05, 4.69) is 10.3 Å². The monoisotopic (exact) mass is 267 g/mol. The number of nitrogens with one attached hydrogen (secondary N) is 1. The predicted octanol–water partition coefficient (Wildman–Crippen LogP) is -0.238. The van der Waals surface area contributed by atoms with E-state index in [0.717, 1.165) is 5.56 Å². The normalized spacial score (nSPS) is 9.68. The van der Waals surface area contributed by atoms with E-state index in [9.17, 15) is 14.4 Å². The van der Waals surface area contributed by atoms with Crippen LogP contribution in [0.2, 0.25) is 0 Å². The summed E-state index contributed by atoms with van der Waals surface area (Å²) in [5, 5.41) is 19.6. The molecule has 19 heavy (non-hydrogen) atoms. The van der Waals surface area contributed by atoms with Gasteiger partial charge in [0.25, 0.3) is 0 Å². The number of urea groups is 1. The Kier molecular flexibility index (Phi) is 5.27. The Morgan fingerprint density at radius 3 is 2.32 bits per heavy atom. The van der Waals surface area contributed by atoms with Crippen molar-refractivity contribution in [3.05, 3.63) is 30.1 Å². The molecule has 3 N–H and O–H groups in total. The quantitative estimate of drug-likeness (QED) is 0.654. The molecule has 1 heterocycles. The summed E-state index contributed by atoms with van der Waals surface area (Å²) in [5.74, 6) is -2.56. The molecule has 0 saturated carbocycles. The Labute approximate surface area is 108 Å². The van der Waals surface area contributed by atoms with Gasteiger partial charge in [-0.15, -0.1) is 0 Å². The molecule has 0 bridgehead atoms. The van der Waals surface area contributed by atoms with Crippen LogP contribution in [-0.2, 0) is 16.1 Å². The number of pyridine rings is 1. The van der Waals surface area contributed by atoms with Gasteiger partial charge in [-0.25, -0.2) is 4.79 Å². The van der Waals surface area contributed by atoms with Crippen molar-refractivity contribution in [3.63, 3.8) is 0 Å². The predicted molar refractivity (Wildman–Crippen MR) is 63.3 cm³/mol. The molecule has 0 aliphatic rings. The largest absolute Gasteiger partial charge is 0.480 e. The molecule has 0 aliphatic carbocycles. The van der Waals surface area contributed by atoms with Crippen molar-refractivity contribution in [2.75, 3.05) is 13.1 Å². The highest BCUT2D eigenvalue weighted by Crippen LogP contribution is 1.96. The molecule has 0 radical (unpaired) electrons. The van der Waals surface area contributed by atoms with Crippen LogP contribution < -0.4 is 5.32 Å². The molecule has 0 aliphatic heterocycles. The smallest absolute Gasteiger partial charge is 0.323 e. The van der Waals surface area contributed by atoms with Gasteiger partial charge in [0.15, 0.2) is 0 Å². The van der Waals surface area contributed by atoms with Gasteiger partial charge in [0.05, 0.1) is 0 Å². The van der Waals surface area contributed by atoms with Gasteiger partial charge in [-0.2, -0.15) is 0 Å². The molecule has 2 amide bonds. The van der Waals surface area contributed by atoms with Crippen molar-refractivity contribution in [2.24, 2.45) is 0 Å². The van der Waals surface area contributed by atoms with Crippen LogP contribution in [0, 0.1) is 0 Å². The van der Waals surface area contributed by atoms with Crippen molar-refractivity contribution in [1.82, 2.24) is 15.2 Å². The van der Waals surface area contributed by atoms with Crippen molar-refractivity contribution in [2.45, 2.75) is 6.54 Å². The molecule has 102 valence electrons. The first-order valence-corrected chi connectivity index (χ1v) is 5.34. The Hall–Kier alpha value is -2.64. The number of carbonyl (C=O) groups excluding carboxylic acids is 1. The maximum absolute atomic E-state index is 11.7. The first-order valence-electron chi connectivity index (χ1n) is 5.34. The fourth-order valence-electron chi connectivity index (χ4n) is 1.32. The van der Waals surface area contributed by atoms with Crippen LogP contribution in [-0.4, -0.2) is 51.2 Å². The zero-order chi connectivity index (χ0) is 14.3. The number of hydrogen-bond donors (Lipinski definition) is 3. The Balaban J connectivity index is 2.56. The zero-order valence-electron chi connectivity index (χ0n) is 9.94. The molecule has 8 nitrogen and oxygen atoms in total. The first-order chi connectivity index (χ1) is 8.99. The van der Waals surface area contributed by atoms with Gasteiger partial charge in [0.2, 0.25) is 0 Å². The van der Waals surface area contributed by atoms with Gasteiger partial charge in [-0.05, 0) is 11.6 Å². The molecular weight excluding hydrogens is 254 g/mol. The van der Waals surface area contributed by atoms with Crippen LogP contribution >= 0.6 is 0 Å². The highest BCUT2D eigenvalue weighted by Gasteiger charge is 2.19. The maximum atomic E-state index is 11.7. The second kappa shape index (κ2) is 6.94. The van der Waals surface area contributed by atoms with E-state index in [4.69, 9.17) is 10.2 Å². The van der Waals surface area contributed by atoms with Crippen molar-refractivity contribution < 1.29 is 24.6 Å². The Bertz CT molecular complexity index is 447. The molecule has 8 heteroatoms. The maximum Gasteiger partial charge on any atom is 0.323 e. The lowest BCUT2D eigenvalue weighted by atomic mass is 10.3. The van der Waals surface area contributed by atoms with E-state index in [-0.39, 0.29) is 6.54 Å². The molecule has 0 spiro atoms. The minimum atomic E-state index is -1.28. The van der Waals surface area contributed by atoms with Crippen molar-refractivity contribution >= 4 is 18.0 Å². The lowest BCUT2D eigenvalue weighted by molar-refractivity contribution is -0.140. The third kappa shape index (κ3) is 5.48. The minimum Gasteiger partial charge on any atom is -0.480 e. The van der Waals surface area contributed by atoms with E-state index < -0.39 is 31.1 Å². The van der Waals surface area contributed by atoms with Crippen LogP contribution in [0.5, 0.6) is 0 Å². The van der Waals surface area contributed by atoms with Gasteiger partial charge < -0.3 is 20.4 Å². The molecule has 0 aromatic carbocycles. The van der Waals surface area contributed by atoms with Crippen molar-refractivity contribution in [3.8, 4) is 0 Å². The summed E-state index contributed by atoms with van der Waals surface area (Å²) < 4.78 is 0. The van der Waals surface area contributed by atoms with Gasteiger partial charge in [-0.1, -0.05) is 6.07 Å². The summed E-state index contributed by atoms with van der Waals surface area (Å²) in [6.45, 7) is -1.21. The third-order valence-corrected chi connectivity index (χ3v) is 2.11. The molecule has 1 aromatic heterocycles. The number of amides is 2. The van der Waals surface area contributed by atoms with E-state index >= 15 is 0 Å². The number of rotatable bonds is 6. The molecular formula is C11H13N3O5. The van der Waals surface area contributed by atoms with Gasteiger partial charge in [0, 0.05) is 18.9 Å². The van der Waals surface area contributed by atoms with Crippen LogP contribution in [0.3, 0.4) is 0 Å². The number of hydrogen-bond acceptors (Lipinski definition) is 4. The highest BCUT2D eigenvalue weighted by atomic mass is 16.4. The van der Waals surface area contributed by atoms with E-state index in [1.807, 2.05) is 0 Å². The zero-order valence-corrected chi connectivity index (χ0v) is 9.94. The third-order valence-electron chi connectivity index (χ3n) is 2.11. The van der Waals surface area contributed by atoms with E-state index in [0.29, 0.717) is 4.90 Å². The van der Waals surface area contributed by atoms with Crippen LogP contribution in [0.1, 0.15) is 5.56 Å². The fourth-order valence-corrected chi connectivity index (χ4v) is 1.32. The second-order valence-corrected chi connectivity index (χ2v) is 3.66. The Morgan fingerprint density at radius 2 is 1.84 bits per heavy atom. The summed E-state index contributed by atoms with van der Waals surface area (Å²) in [4.78, 5) is 37.3. The summed E-state index contributed by atoms with van der Waals surface area (Å²) in [7, 11) is 0. The number of carboxylic acids is 2. The van der Waals surface area contributed by atoms with Crippen molar-refractivity contribution in [1.29, 1.82) is 0 Å². The lowest BCUT2D eigenvalue weighted by Gasteiger charge is -2.18. The van der Waals surface area contributed by atoms with Gasteiger partial charge >= 0.3 is 18.0 Å². The summed E-state index contributed by atoms with van der Waals surface area (Å²) in [6, 6.07) is 2.66. The average molecular weight is 267 g/mol. The summed E-state index contributed by atoms with van der Waals surface area (Å²) in [5.41, 5.74) is 0.724. The first kappa shape index (κ1) is 14.4. The number of carbonyl (C=O) groups is 3. The topological polar surface area (TPSA) is 120 Å². The molecule has 0 atom stereocenters. The second-order valence-electron chi connectivity index (χ2n) is 3.66. The summed E-state index contributed by atoms with van der Waals surface area (Å²) in [6.07, 6.45) is 3.12. The molecule has 1 rings (SSSR count). The van der Waals surface area contributed by atoms with E-state index in [1.54, 1.807) is 24.5 Å². The lowest BCUT2D eigenvalue weighted by Crippen LogP contribution is -2.45. The summed E-state index contributed by atoms with van der Waals surface area (Å²) >= 11 is 0. The number of carboxylic acid groups (broad SMARTS) is 2. The average Bonchev–Trinajstić information content (AvgIpc) is 2.35. The standard InChI is InChI=1S/C11H13N3O5/c15-9(16)6-14(7-10(17)18)11(19)13-5-8-2-1-3-12-4-8/h1-4H,5-7H2,(H,13,19)(H,15,16)(H,17,18). The minimum absolute atomic E-state index is 0.141. The van der Waals surface area contributed by atoms with Crippen LogP contribution in [0.25, 0.3) is 0 Å². The van der Waals surface area contributed by atoms with Crippen LogP contribution in [0.4, 0.5) is 4.79 Å². The SMILES string of the molecule is O=C(O)CN(CC(=O)O)C(=O)NCc1cccnc1. The number of aliphatic carboxylic acids is 2. The Morgan fingerprint density at radius 1 is 1.21 bits per heavy atom. The molecule has 0 fully saturated rings. The number of aromatic nitrogens is 1. The highest BCUT2D eigenvalue weighted by molar-refractivity contribution is 5.84. The molecule has 0 unspecified atom stereocenters. The fraction of sp³-hybridized carbons (Fsp3) is 0.273. The number of nitrogens with zero attached hydrogens (tertiary/aromatic N) is 2. The van der Waals surface area contributed by atoms with Crippen LogP contribution in [0.15, 0.2) is 24.5 Å². The molecule has 0 saturated heterocycles.